The van der Waals surface area contributed by atoms with E-state index < -0.39 is 11.1 Å². The number of amides is 7. The van der Waals surface area contributed by atoms with Gasteiger partial charge in [0.05, 0.1) is 11.4 Å². The number of anilines is 4. The molecule has 2 N–H and O–H groups in total. The summed E-state index contributed by atoms with van der Waals surface area (Å²) in [6.45, 7) is 1.84. The normalized spacial score (nSPS) is 19.7. The van der Waals surface area contributed by atoms with Gasteiger partial charge in [-0.05, 0) is 144 Å². The van der Waals surface area contributed by atoms with Crippen molar-refractivity contribution in [2.45, 2.75) is 75.3 Å². The minimum atomic E-state index is -0.913. The minimum Gasteiger partial charge on any atom is -0.399 e. The molecule has 0 bridgehead atoms. The van der Waals surface area contributed by atoms with E-state index in [0.29, 0.717) is 88.8 Å². The van der Waals surface area contributed by atoms with Crippen LogP contribution in [0.1, 0.15) is 62.5 Å². The number of nitrogens with two attached hydrogens (primary N) is 1. The lowest BCUT2D eigenvalue weighted by atomic mass is 9.87. The van der Waals surface area contributed by atoms with Crippen LogP contribution in [-0.2, 0) is 32.0 Å². The lowest BCUT2D eigenvalue weighted by molar-refractivity contribution is -0.124. The number of hydrogen-bond acceptors (Lipinski definition) is 7. The van der Waals surface area contributed by atoms with E-state index in [4.69, 9.17) is 63.7 Å². The Bertz CT molecular complexity index is 3200. The van der Waals surface area contributed by atoms with Crippen LogP contribution in [0.3, 0.4) is 0 Å². The van der Waals surface area contributed by atoms with Crippen molar-refractivity contribution in [1.82, 2.24) is 9.80 Å². The Morgan fingerprint density at radius 3 is 1.41 bits per heavy atom. The highest BCUT2D eigenvalue weighted by Crippen LogP contribution is 2.45. The van der Waals surface area contributed by atoms with Gasteiger partial charge in [-0.25, -0.2) is 19.4 Å². The Morgan fingerprint density at radius 2 is 1.00 bits per heavy atom. The van der Waals surface area contributed by atoms with Gasteiger partial charge < -0.3 is 20.4 Å². The molecule has 6 aromatic carbocycles. The van der Waals surface area contributed by atoms with Gasteiger partial charge >= 0.3 is 12.1 Å². The molecular formula is C58H52BrCl5N6O6. The van der Waals surface area contributed by atoms with Crippen molar-refractivity contribution in [3.63, 3.8) is 0 Å². The van der Waals surface area contributed by atoms with Crippen molar-refractivity contribution >= 4 is 132 Å². The molecule has 0 saturated carbocycles. The van der Waals surface area contributed by atoms with Gasteiger partial charge in [-0.1, -0.05) is 135 Å². The number of nitrogens with zero attached hydrogens (tertiary/aromatic N) is 5. The van der Waals surface area contributed by atoms with Crippen LogP contribution >= 0.6 is 73.9 Å². The molecule has 392 valence electrons. The Morgan fingerprint density at radius 1 is 0.539 bits per heavy atom. The van der Waals surface area contributed by atoms with Crippen LogP contribution in [0.5, 0.6) is 0 Å². The van der Waals surface area contributed by atoms with E-state index >= 15 is 0 Å². The third-order valence-electron chi connectivity index (χ3n) is 14.4. The quantitative estimate of drug-likeness (QED) is 0.0556. The molecule has 0 aromatic heterocycles. The van der Waals surface area contributed by atoms with Gasteiger partial charge in [-0.15, -0.1) is 0 Å². The number of urea groups is 2. The summed E-state index contributed by atoms with van der Waals surface area (Å²) in [5.74, 6) is -0.295. The predicted molar refractivity (Wildman–Crippen MR) is 307 cm³/mol. The van der Waals surface area contributed by atoms with E-state index in [2.05, 4.69) is 15.9 Å². The first-order valence-electron chi connectivity index (χ1n) is 24.9. The van der Waals surface area contributed by atoms with Crippen LogP contribution in [0, 0.1) is 0 Å². The van der Waals surface area contributed by atoms with E-state index in [0.717, 1.165) is 76.6 Å². The average Bonchev–Trinajstić information content (AvgIpc) is 4.23. The third kappa shape index (κ3) is 11.4. The number of imide groups is 2. The summed E-state index contributed by atoms with van der Waals surface area (Å²) in [4.78, 5) is 83.8. The lowest BCUT2D eigenvalue weighted by Crippen LogP contribution is -2.47. The number of halogens is 6. The summed E-state index contributed by atoms with van der Waals surface area (Å²) in [6, 6.07) is 40.8. The maximum absolute atomic E-state index is 13.8. The summed E-state index contributed by atoms with van der Waals surface area (Å²) < 4.78 is 0. The summed E-state index contributed by atoms with van der Waals surface area (Å²) in [6.07, 6.45) is 6.50. The molecule has 7 amide bonds. The van der Waals surface area contributed by atoms with Crippen molar-refractivity contribution < 1.29 is 28.8 Å². The monoisotopic (exact) mass is 1180 g/mol. The molecule has 76 heavy (non-hydrogen) atoms. The molecule has 0 spiro atoms. The number of carbonyl (C=O) groups is 6. The van der Waals surface area contributed by atoms with Crippen molar-refractivity contribution in [2.75, 3.05) is 45.4 Å². The van der Waals surface area contributed by atoms with Crippen molar-refractivity contribution in [2.24, 2.45) is 0 Å². The zero-order chi connectivity index (χ0) is 53.9. The van der Waals surface area contributed by atoms with Crippen molar-refractivity contribution in [3.8, 4) is 22.3 Å². The number of carbonyl (C=O) groups excluding carboxylic acids is 6. The standard InChI is InChI=1S/C29H25Cl2N3O3.C25H21Cl2N3O2.C4H6BrClO/c30-22-15-23(31)17-25(16-22)34-27(36)29(11-3-13-33(29)28(34)37)18-19-7-9-20(10-8-19)21-4-1-5-24(14-21)32-12-2-6-26(32)35;26-19-12-20(27)14-22(13-19)30-23(31)25(9-2-10-29(25)24(30)32)15-16-5-7-17(8-6-16)18-3-1-4-21(28)11-18;5-3-1-2-4(6)7/h1,4-5,7-10,14-17H,2-3,6,11-13,18H2;1,3-8,11-14H,2,9-10,15,28H2;1-3H2. The molecule has 0 radical (unpaired) electrons. The average molecular weight is 1190 g/mol. The molecule has 5 fully saturated rings. The van der Waals surface area contributed by atoms with Crippen LogP contribution in [0.4, 0.5) is 32.3 Å². The summed E-state index contributed by atoms with van der Waals surface area (Å²) in [5, 5.41) is 2.11. The Labute approximate surface area is 474 Å². The Balaban J connectivity index is 0.000000166. The second-order valence-electron chi connectivity index (χ2n) is 19.4. The molecule has 2 atom stereocenters. The highest BCUT2D eigenvalue weighted by Gasteiger charge is 2.61. The second kappa shape index (κ2) is 23.4. The fourth-order valence-corrected chi connectivity index (χ4v) is 12.3. The third-order valence-corrected chi connectivity index (χ3v) is 16.1. The van der Waals surface area contributed by atoms with E-state index in [1.165, 1.54) is 9.80 Å². The molecule has 6 aromatic rings. The number of benzene rings is 6. The second-order valence-corrected chi connectivity index (χ2v) is 22.4. The molecular weight excluding hydrogens is 1130 g/mol. The van der Waals surface area contributed by atoms with E-state index in [-0.39, 0.29) is 35.0 Å². The molecule has 18 heteroatoms. The first-order valence-corrected chi connectivity index (χ1v) is 27.9. The molecule has 0 aliphatic carbocycles. The molecule has 11 rings (SSSR count). The van der Waals surface area contributed by atoms with Gasteiger partial charge in [-0.3, -0.25) is 19.2 Å². The zero-order valence-corrected chi connectivity index (χ0v) is 46.5. The SMILES string of the molecule is Nc1cccc(-c2ccc(CC34CCCN3C(=O)N(c3cc(Cl)cc(Cl)c3)C4=O)cc2)c1.O=C(Cl)CCCBr.O=C1CCCN1c1cccc(-c2ccc(CC34CCCN3C(=O)N(c3cc(Cl)cc(Cl)c3)C4=O)cc2)c1. The van der Waals surface area contributed by atoms with Crippen LogP contribution in [0.15, 0.2) is 133 Å². The van der Waals surface area contributed by atoms with Crippen LogP contribution in [0.25, 0.3) is 22.3 Å². The van der Waals surface area contributed by atoms with Gasteiger partial charge in [-0.2, -0.15) is 0 Å². The predicted octanol–water partition coefficient (Wildman–Crippen LogP) is 14.0. The van der Waals surface area contributed by atoms with Gasteiger partial charge in [0.25, 0.3) is 11.8 Å². The Kier molecular flexibility index (Phi) is 16.9. The molecule has 2 unspecified atom stereocenters. The van der Waals surface area contributed by atoms with Gasteiger partial charge in [0.15, 0.2) is 0 Å². The maximum atomic E-state index is 13.8. The molecule has 5 saturated heterocycles. The number of hydrogen-bond donors (Lipinski definition) is 1. The summed E-state index contributed by atoms with van der Waals surface area (Å²) in [7, 11) is 0. The van der Waals surface area contributed by atoms with Crippen LogP contribution < -0.4 is 20.4 Å². The zero-order valence-electron chi connectivity index (χ0n) is 41.1. The van der Waals surface area contributed by atoms with Crippen molar-refractivity contribution in [1.29, 1.82) is 0 Å². The first kappa shape index (κ1) is 54.8. The number of rotatable bonds is 12. The number of alkyl halides is 1. The smallest absolute Gasteiger partial charge is 0.332 e. The molecule has 12 nitrogen and oxygen atoms in total. The molecule has 5 aliphatic heterocycles. The van der Waals surface area contributed by atoms with Crippen LogP contribution in [0.2, 0.25) is 20.1 Å². The number of fused-ring (bicyclic) bond motifs is 2. The van der Waals surface area contributed by atoms with Gasteiger partial charge in [0, 0.05) is 82.1 Å². The fourth-order valence-electron chi connectivity index (χ4n) is 10.9. The fraction of sp³-hybridized carbons (Fsp3) is 0.276. The van der Waals surface area contributed by atoms with Crippen LogP contribution in [-0.4, -0.2) is 80.9 Å². The minimum absolute atomic E-state index is 0.165. The largest absolute Gasteiger partial charge is 0.399 e. The van der Waals surface area contributed by atoms with E-state index in [1.54, 1.807) is 46.2 Å². The maximum Gasteiger partial charge on any atom is 0.332 e. The summed E-state index contributed by atoms with van der Waals surface area (Å²) in [5.41, 5.74) is 12.7. The first-order chi connectivity index (χ1) is 36.5. The van der Waals surface area contributed by atoms with Crippen molar-refractivity contribution in [3.05, 3.63) is 165 Å². The topological polar surface area (TPSA) is 145 Å². The van der Waals surface area contributed by atoms with Gasteiger partial charge in [0.2, 0.25) is 11.1 Å². The molecule has 5 aliphatic rings. The number of nitrogen functional groups attached to an aromatic ring is 1. The molecule has 5 heterocycles. The highest BCUT2D eigenvalue weighted by atomic mass is 79.9. The summed E-state index contributed by atoms with van der Waals surface area (Å²) >= 11 is 32.7. The highest BCUT2D eigenvalue weighted by molar-refractivity contribution is 9.09. The Hall–Kier alpha value is -5.93. The van der Waals surface area contributed by atoms with E-state index in [9.17, 15) is 28.8 Å². The van der Waals surface area contributed by atoms with E-state index in [1.807, 2.05) is 102 Å². The lowest BCUT2D eigenvalue weighted by Gasteiger charge is -2.28. The van der Waals surface area contributed by atoms with Gasteiger partial charge in [0.1, 0.15) is 11.1 Å².